The third-order valence-electron chi connectivity index (χ3n) is 2.57. The molecule has 2 aliphatic heterocycles. The minimum atomic E-state index is -1.13. The van der Waals surface area contributed by atoms with Crippen LogP contribution in [0.5, 0.6) is 0 Å². The summed E-state index contributed by atoms with van der Waals surface area (Å²) >= 11 is 0. The first-order valence-corrected chi connectivity index (χ1v) is 5.80. The van der Waals surface area contributed by atoms with Crippen molar-refractivity contribution < 1.29 is 24.4 Å². The summed E-state index contributed by atoms with van der Waals surface area (Å²) in [7, 11) is 0. The molecule has 2 N–H and O–H groups in total. The molecule has 5 nitrogen and oxygen atoms in total. The zero-order chi connectivity index (χ0) is 12.0. The summed E-state index contributed by atoms with van der Waals surface area (Å²) in [6.07, 6.45) is 0.468. The van der Waals surface area contributed by atoms with Crippen molar-refractivity contribution in [2.45, 2.75) is 38.8 Å². The maximum atomic E-state index is 8.38. The first-order chi connectivity index (χ1) is 7.63. The molecule has 0 bridgehead atoms. The number of hydrogen-bond donors (Lipinski definition) is 2. The van der Waals surface area contributed by atoms with Crippen molar-refractivity contribution >= 4 is 0 Å². The van der Waals surface area contributed by atoms with Gasteiger partial charge in [-0.2, -0.15) is 0 Å². The van der Waals surface area contributed by atoms with E-state index in [-0.39, 0.29) is 5.92 Å². The molecule has 0 aliphatic carbocycles. The summed E-state index contributed by atoms with van der Waals surface area (Å²) in [4.78, 5) is 0. The molecule has 96 valence electrons. The molecule has 16 heavy (non-hydrogen) atoms. The van der Waals surface area contributed by atoms with Gasteiger partial charge in [-0.3, -0.25) is 0 Å². The Labute approximate surface area is 96.3 Å². The predicted molar refractivity (Wildman–Crippen MR) is 58.0 cm³/mol. The van der Waals surface area contributed by atoms with E-state index >= 15 is 0 Å². The van der Waals surface area contributed by atoms with Gasteiger partial charge in [0.15, 0.2) is 6.29 Å². The lowest BCUT2D eigenvalue weighted by Crippen LogP contribution is -2.14. The Morgan fingerprint density at radius 2 is 1.62 bits per heavy atom. The average molecular weight is 234 g/mol. The van der Waals surface area contributed by atoms with Gasteiger partial charge in [0, 0.05) is 5.92 Å². The van der Waals surface area contributed by atoms with Crippen LogP contribution in [0, 0.1) is 5.92 Å². The van der Waals surface area contributed by atoms with E-state index in [1.54, 1.807) is 6.92 Å². The number of ether oxygens (including phenoxy) is 3. The Morgan fingerprint density at radius 1 is 1.19 bits per heavy atom. The molecule has 5 heteroatoms. The molecular formula is C11H22O5. The normalized spacial score (nSPS) is 28.3. The largest absolute Gasteiger partial charge is 0.376 e. The highest BCUT2D eigenvalue weighted by molar-refractivity contribution is 4.71. The molecule has 3 atom stereocenters. The zero-order valence-corrected chi connectivity index (χ0v) is 9.96. The molecule has 3 unspecified atom stereocenters. The van der Waals surface area contributed by atoms with Gasteiger partial charge in [0.05, 0.1) is 26.4 Å². The van der Waals surface area contributed by atoms with E-state index in [1.165, 1.54) is 0 Å². The second-order valence-electron chi connectivity index (χ2n) is 4.25. The standard InChI is InChI=1S/C6H10O3.C5H12O2/c1(5-3-8-5)7-2-6-4-9-6;1-3-4(2)5(6)7/h5-6H,1-4H2;4-7H,3H2,1-2H3. The Bertz CT molecular complexity index is 165. The van der Waals surface area contributed by atoms with Gasteiger partial charge in [0.25, 0.3) is 0 Å². The van der Waals surface area contributed by atoms with Crippen LogP contribution in [0.15, 0.2) is 0 Å². The van der Waals surface area contributed by atoms with E-state index in [1.807, 2.05) is 6.92 Å². The van der Waals surface area contributed by atoms with E-state index in [9.17, 15) is 0 Å². The second kappa shape index (κ2) is 7.19. The van der Waals surface area contributed by atoms with Crippen molar-refractivity contribution in [2.24, 2.45) is 5.92 Å². The van der Waals surface area contributed by atoms with Gasteiger partial charge in [0.2, 0.25) is 0 Å². The van der Waals surface area contributed by atoms with Crippen molar-refractivity contribution in [2.75, 3.05) is 26.4 Å². The fraction of sp³-hybridized carbons (Fsp3) is 1.00. The van der Waals surface area contributed by atoms with Crippen LogP contribution in [0.2, 0.25) is 0 Å². The van der Waals surface area contributed by atoms with Crippen LogP contribution < -0.4 is 0 Å². The summed E-state index contributed by atoms with van der Waals surface area (Å²) in [5, 5.41) is 16.8. The molecule has 2 heterocycles. The molecule has 2 aliphatic rings. The summed E-state index contributed by atoms with van der Waals surface area (Å²) in [6, 6.07) is 0. The third kappa shape index (κ3) is 7.14. The van der Waals surface area contributed by atoms with Crippen LogP contribution in [0.4, 0.5) is 0 Å². The monoisotopic (exact) mass is 234 g/mol. The third-order valence-corrected chi connectivity index (χ3v) is 2.57. The molecule has 2 rings (SSSR count). The van der Waals surface area contributed by atoms with Gasteiger partial charge in [0.1, 0.15) is 12.2 Å². The van der Waals surface area contributed by atoms with Crippen LogP contribution in [-0.2, 0) is 14.2 Å². The first-order valence-electron chi connectivity index (χ1n) is 5.80. The molecule has 2 saturated heterocycles. The van der Waals surface area contributed by atoms with Gasteiger partial charge in [-0.05, 0) is 6.42 Å². The minimum Gasteiger partial charge on any atom is -0.376 e. The number of aliphatic hydroxyl groups excluding tert-OH is 1. The molecular weight excluding hydrogens is 212 g/mol. The minimum absolute atomic E-state index is 0.0139. The fourth-order valence-electron chi connectivity index (χ4n) is 0.870. The Kier molecular flexibility index (Phi) is 6.23. The summed E-state index contributed by atoms with van der Waals surface area (Å²) in [5.74, 6) is 0.0139. The van der Waals surface area contributed by atoms with Crippen LogP contribution in [-0.4, -0.2) is 55.1 Å². The number of hydrogen-bond acceptors (Lipinski definition) is 5. The van der Waals surface area contributed by atoms with E-state index < -0.39 is 6.29 Å². The van der Waals surface area contributed by atoms with Gasteiger partial charge in [-0.15, -0.1) is 0 Å². The van der Waals surface area contributed by atoms with Crippen molar-refractivity contribution in [3.8, 4) is 0 Å². The SMILES string of the molecule is C(OCC1CO1)C1CO1.CCC(C)C(O)O. The summed E-state index contributed by atoms with van der Waals surface area (Å²) in [5.41, 5.74) is 0. The number of aliphatic hydroxyl groups is 2. The lowest BCUT2D eigenvalue weighted by atomic mass is 10.1. The highest BCUT2D eigenvalue weighted by Gasteiger charge is 2.26. The van der Waals surface area contributed by atoms with E-state index in [2.05, 4.69) is 0 Å². The Morgan fingerprint density at radius 3 is 1.81 bits per heavy atom. The number of rotatable bonds is 6. The quantitative estimate of drug-likeness (QED) is 0.505. The molecule has 0 radical (unpaired) electrons. The number of epoxide rings is 2. The van der Waals surface area contributed by atoms with Gasteiger partial charge < -0.3 is 24.4 Å². The van der Waals surface area contributed by atoms with E-state index in [0.717, 1.165) is 32.8 Å². The Hall–Kier alpha value is -0.200. The van der Waals surface area contributed by atoms with Gasteiger partial charge in [-0.25, -0.2) is 0 Å². The van der Waals surface area contributed by atoms with Gasteiger partial charge in [-0.1, -0.05) is 13.8 Å². The molecule has 0 amide bonds. The van der Waals surface area contributed by atoms with Crippen LogP contribution >= 0.6 is 0 Å². The highest BCUT2D eigenvalue weighted by atomic mass is 16.6. The van der Waals surface area contributed by atoms with Crippen molar-refractivity contribution in [3.63, 3.8) is 0 Å². The summed E-state index contributed by atoms with van der Waals surface area (Å²) in [6.45, 7) is 6.98. The highest BCUT2D eigenvalue weighted by Crippen LogP contribution is 2.12. The van der Waals surface area contributed by atoms with E-state index in [4.69, 9.17) is 24.4 Å². The van der Waals surface area contributed by atoms with Crippen LogP contribution in [0.3, 0.4) is 0 Å². The lowest BCUT2D eigenvalue weighted by Gasteiger charge is -2.08. The molecule has 2 fully saturated rings. The first kappa shape index (κ1) is 13.9. The zero-order valence-electron chi connectivity index (χ0n) is 9.96. The van der Waals surface area contributed by atoms with Crippen molar-refractivity contribution in [1.29, 1.82) is 0 Å². The topological polar surface area (TPSA) is 74.8 Å². The second-order valence-corrected chi connectivity index (χ2v) is 4.25. The van der Waals surface area contributed by atoms with Crippen LogP contribution in [0.1, 0.15) is 20.3 Å². The molecule has 0 aromatic rings. The van der Waals surface area contributed by atoms with E-state index in [0.29, 0.717) is 12.2 Å². The maximum Gasteiger partial charge on any atom is 0.154 e. The average Bonchev–Trinajstić information content (AvgIpc) is 3.11. The molecule has 0 aromatic heterocycles. The van der Waals surface area contributed by atoms with Crippen molar-refractivity contribution in [3.05, 3.63) is 0 Å². The fourth-order valence-corrected chi connectivity index (χ4v) is 0.870. The van der Waals surface area contributed by atoms with Crippen molar-refractivity contribution in [1.82, 2.24) is 0 Å². The maximum absolute atomic E-state index is 8.38. The lowest BCUT2D eigenvalue weighted by molar-refractivity contribution is -0.0790. The predicted octanol–water partition coefficient (Wildman–Crippen LogP) is 0.144. The van der Waals surface area contributed by atoms with Gasteiger partial charge >= 0.3 is 0 Å². The van der Waals surface area contributed by atoms with Crippen LogP contribution in [0.25, 0.3) is 0 Å². The molecule has 0 aromatic carbocycles. The smallest absolute Gasteiger partial charge is 0.154 e. The summed E-state index contributed by atoms with van der Waals surface area (Å²) < 4.78 is 15.1. The molecule has 0 saturated carbocycles. The molecule has 0 spiro atoms. The Balaban J connectivity index is 0.000000168.